The third kappa shape index (κ3) is 28.9. The summed E-state index contributed by atoms with van der Waals surface area (Å²) >= 11 is 0. The van der Waals surface area contributed by atoms with Crippen molar-refractivity contribution in [2.75, 3.05) is 26.4 Å². The predicted molar refractivity (Wildman–Crippen MR) is 228 cm³/mol. The maximum absolute atomic E-state index is 12.8. The fraction of sp³-hybridized carbons (Fsp3) is 0.723. The van der Waals surface area contributed by atoms with Crippen molar-refractivity contribution in [2.24, 2.45) is 0 Å². The van der Waals surface area contributed by atoms with Gasteiger partial charge in [0.1, 0.15) is 30.5 Å². The van der Waals surface area contributed by atoms with Gasteiger partial charge in [0.25, 0.3) is 0 Å². The predicted octanol–water partition coefficient (Wildman–Crippen LogP) is 9.69. The van der Waals surface area contributed by atoms with E-state index < -0.39 is 43.4 Å². The molecule has 0 aromatic heterocycles. The van der Waals surface area contributed by atoms with Crippen molar-refractivity contribution in [2.45, 2.75) is 192 Å². The van der Waals surface area contributed by atoms with E-state index in [4.69, 9.17) is 18.9 Å². The van der Waals surface area contributed by atoms with Crippen molar-refractivity contribution >= 4 is 5.97 Å². The van der Waals surface area contributed by atoms with Gasteiger partial charge in [-0.15, -0.1) is 0 Å². The molecule has 0 bridgehead atoms. The summed E-state index contributed by atoms with van der Waals surface area (Å²) in [5.41, 5.74) is 0. The van der Waals surface area contributed by atoms with Crippen LogP contribution in [0.15, 0.2) is 72.9 Å². The zero-order valence-electron chi connectivity index (χ0n) is 35.1. The summed E-state index contributed by atoms with van der Waals surface area (Å²) in [5.74, 6) is -0.337. The van der Waals surface area contributed by atoms with Gasteiger partial charge in [-0.25, -0.2) is 0 Å². The molecule has 0 amide bonds. The standard InChI is InChI=1S/C47H80O9/c1-3-5-7-9-11-13-15-17-19-21-22-24-26-28-30-32-34-36-43(49)55-41(40-54-47-46(52)45(51)44(50)42(38-48)56-47)39-53-37-35-33-31-29-27-25-23-20-18-16-14-12-10-8-6-4-2/h6,8,11-14,17-20,25,27,41-42,44-48,50-52H,3-5,7,9-10,15-16,21-24,26,28-40H2,1-2H3/b8-6-,13-11-,14-12-,19-17-,20-18-,27-25-. The molecule has 9 nitrogen and oxygen atoms in total. The summed E-state index contributed by atoms with van der Waals surface area (Å²) in [7, 11) is 0. The molecule has 1 heterocycles. The Labute approximate surface area is 340 Å². The lowest BCUT2D eigenvalue weighted by atomic mass is 9.99. The maximum Gasteiger partial charge on any atom is 0.306 e. The number of aliphatic hydroxyl groups is 4. The largest absolute Gasteiger partial charge is 0.457 e. The van der Waals surface area contributed by atoms with Crippen LogP contribution >= 0.6 is 0 Å². The van der Waals surface area contributed by atoms with Crippen molar-refractivity contribution < 1.29 is 44.2 Å². The molecular formula is C47H80O9. The number of allylic oxidation sites excluding steroid dienone is 12. The Morgan fingerprint density at radius 1 is 0.589 bits per heavy atom. The van der Waals surface area contributed by atoms with Crippen molar-refractivity contribution in [1.82, 2.24) is 0 Å². The Morgan fingerprint density at radius 2 is 1.09 bits per heavy atom. The average molecular weight is 789 g/mol. The van der Waals surface area contributed by atoms with Crippen molar-refractivity contribution in [3.63, 3.8) is 0 Å². The first-order chi connectivity index (χ1) is 27.4. The molecule has 56 heavy (non-hydrogen) atoms. The lowest BCUT2D eigenvalue weighted by Crippen LogP contribution is -2.59. The van der Waals surface area contributed by atoms with E-state index >= 15 is 0 Å². The molecule has 322 valence electrons. The Hall–Kier alpha value is -2.37. The maximum atomic E-state index is 12.8. The van der Waals surface area contributed by atoms with Crippen LogP contribution in [0, 0.1) is 0 Å². The molecule has 1 aliphatic heterocycles. The first-order valence-electron chi connectivity index (χ1n) is 22.0. The van der Waals surface area contributed by atoms with Crippen LogP contribution in [0.25, 0.3) is 0 Å². The molecule has 0 aromatic rings. The second-order valence-corrected chi connectivity index (χ2v) is 14.8. The van der Waals surface area contributed by atoms with Gasteiger partial charge in [-0.3, -0.25) is 4.79 Å². The number of ether oxygens (including phenoxy) is 4. The molecule has 0 radical (unpaired) electrons. The summed E-state index contributed by atoms with van der Waals surface area (Å²) < 4.78 is 22.7. The van der Waals surface area contributed by atoms with Gasteiger partial charge in [-0.2, -0.15) is 0 Å². The third-order valence-electron chi connectivity index (χ3n) is 9.61. The van der Waals surface area contributed by atoms with Crippen molar-refractivity contribution in [3.05, 3.63) is 72.9 Å². The Morgan fingerprint density at radius 3 is 1.64 bits per heavy atom. The van der Waals surface area contributed by atoms with E-state index in [2.05, 4.69) is 86.8 Å². The molecule has 4 N–H and O–H groups in total. The Kier molecular flexibility index (Phi) is 35.2. The molecule has 6 atom stereocenters. The van der Waals surface area contributed by atoms with Gasteiger partial charge >= 0.3 is 5.97 Å². The molecule has 9 heteroatoms. The van der Waals surface area contributed by atoms with E-state index in [0.29, 0.717) is 13.0 Å². The lowest BCUT2D eigenvalue weighted by Gasteiger charge is -2.39. The van der Waals surface area contributed by atoms with Crippen molar-refractivity contribution in [1.29, 1.82) is 0 Å². The molecule has 1 saturated heterocycles. The van der Waals surface area contributed by atoms with Gasteiger partial charge in [0, 0.05) is 13.0 Å². The topological polar surface area (TPSA) is 135 Å². The molecule has 0 aliphatic carbocycles. The van der Waals surface area contributed by atoms with Gasteiger partial charge in [-0.1, -0.05) is 138 Å². The van der Waals surface area contributed by atoms with Crippen LogP contribution in [0.4, 0.5) is 0 Å². The Bertz CT molecular complexity index is 1080. The first kappa shape index (κ1) is 51.6. The van der Waals surface area contributed by atoms with Gasteiger partial charge in [-0.05, 0) is 83.5 Å². The van der Waals surface area contributed by atoms with Gasteiger partial charge in [0.15, 0.2) is 6.29 Å². The number of carbonyl (C=O) groups is 1. The highest BCUT2D eigenvalue weighted by atomic mass is 16.7. The highest BCUT2D eigenvalue weighted by molar-refractivity contribution is 5.69. The normalized spacial score (nSPS) is 21.3. The van der Waals surface area contributed by atoms with E-state index in [1.165, 1.54) is 44.9 Å². The number of aliphatic hydroxyl groups excluding tert-OH is 4. The lowest BCUT2D eigenvalue weighted by molar-refractivity contribution is -0.305. The monoisotopic (exact) mass is 789 g/mol. The summed E-state index contributed by atoms with van der Waals surface area (Å²) in [4.78, 5) is 12.8. The van der Waals surface area contributed by atoms with E-state index in [-0.39, 0.29) is 19.2 Å². The average Bonchev–Trinajstić information content (AvgIpc) is 3.20. The minimum Gasteiger partial charge on any atom is -0.457 e. The summed E-state index contributed by atoms with van der Waals surface area (Å²) in [6, 6.07) is 0. The number of carbonyl (C=O) groups excluding carboxylic acids is 1. The van der Waals surface area contributed by atoms with Crippen LogP contribution in [-0.2, 0) is 23.7 Å². The zero-order chi connectivity index (χ0) is 40.7. The molecule has 1 aliphatic rings. The fourth-order valence-corrected chi connectivity index (χ4v) is 6.16. The third-order valence-corrected chi connectivity index (χ3v) is 9.61. The fourth-order valence-electron chi connectivity index (χ4n) is 6.16. The van der Waals surface area contributed by atoms with Crippen molar-refractivity contribution in [3.8, 4) is 0 Å². The van der Waals surface area contributed by atoms with Gasteiger partial charge in [0.05, 0.1) is 19.8 Å². The smallest absolute Gasteiger partial charge is 0.306 e. The van der Waals surface area contributed by atoms with Crippen LogP contribution in [0.5, 0.6) is 0 Å². The minimum atomic E-state index is -1.55. The highest BCUT2D eigenvalue weighted by Gasteiger charge is 2.44. The molecule has 6 unspecified atom stereocenters. The molecular weight excluding hydrogens is 709 g/mol. The number of rotatable bonds is 36. The second-order valence-electron chi connectivity index (χ2n) is 14.8. The van der Waals surface area contributed by atoms with Crippen LogP contribution in [0.3, 0.4) is 0 Å². The van der Waals surface area contributed by atoms with Gasteiger partial charge in [0.2, 0.25) is 0 Å². The quantitative estimate of drug-likeness (QED) is 0.0278. The van der Waals surface area contributed by atoms with E-state index in [1.54, 1.807) is 0 Å². The Balaban J connectivity index is 2.32. The van der Waals surface area contributed by atoms with Crippen LogP contribution in [0.1, 0.15) is 155 Å². The summed E-state index contributed by atoms with van der Waals surface area (Å²) in [6.07, 6.45) is 42.1. The molecule has 1 rings (SSSR count). The van der Waals surface area contributed by atoms with Crippen LogP contribution in [0.2, 0.25) is 0 Å². The second kappa shape index (κ2) is 38.2. The molecule has 0 saturated carbocycles. The summed E-state index contributed by atoms with van der Waals surface area (Å²) in [6.45, 7) is 4.31. The molecule has 0 spiro atoms. The minimum absolute atomic E-state index is 0.116. The molecule has 1 fully saturated rings. The number of hydrogen-bond acceptors (Lipinski definition) is 9. The zero-order valence-corrected chi connectivity index (χ0v) is 35.1. The van der Waals surface area contributed by atoms with E-state index in [0.717, 1.165) is 89.9 Å². The van der Waals surface area contributed by atoms with E-state index in [9.17, 15) is 25.2 Å². The highest BCUT2D eigenvalue weighted by Crippen LogP contribution is 2.22. The molecule has 0 aromatic carbocycles. The van der Waals surface area contributed by atoms with Crippen LogP contribution < -0.4 is 0 Å². The SMILES string of the molecule is CC/C=C\C/C=C\C/C=C\C/C=C\CCCCCOCC(COC1OC(CO)C(O)C(O)C1O)OC(=O)CCCCCCCCC/C=C\C/C=C\CCCCC. The van der Waals surface area contributed by atoms with E-state index in [1.807, 2.05) is 0 Å². The number of unbranched alkanes of at least 4 members (excludes halogenated alkanes) is 13. The number of esters is 1. The summed E-state index contributed by atoms with van der Waals surface area (Å²) in [5, 5.41) is 40.1. The first-order valence-corrected chi connectivity index (χ1v) is 22.0. The van der Waals surface area contributed by atoms with Gasteiger partial charge < -0.3 is 39.4 Å². The van der Waals surface area contributed by atoms with Crippen LogP contribution in [-0.4, -0.2) is 89.6 Å². The number of hydrogen-bond donors (Lipinski definition) is 4.